The molecule has 0 amide bonds. The van der Waals surface area contributed by atoms with Gasteiger partial charge in [0.25, 0.3) is 0 Å². The number of hydrogen-bond acceptors (Lipinski definition) is 3. The summed E-state index contributed by atoms with van der Waals surface area (Å²) >= 11 is 0. The zero-order chi connectivity index (χ0) is 10.4. The van der Waals surface area contributed by atoms with Gasteiger partial charge in [0.15, 0.2) is 0 Å². The molecule has 3 heteroatoms. The van der Waals surface area contributed by atoms with Crippen LogP contribution in [0.25, 0.3) is 0 Å². The van der Waals surface area contributed by atoms with Gasteiger partial charge in [-0.25, -0.2) is 0 Å². The Balaban J connectivity index is 2.15. The Morgan fingerprint density at radius 2 is 2.36 bits per heavy atom. The highest BCUT2D eigenvalue weighted by atomic mass is 16.5. The van der Waals surface area contributed by atoms with E-state index in [1.54, 1.807) is 0 Å². The first-order valence-electron chi connectivity index (χ1n) is 5.69. The molecule has 2 unspecified atom stereocenters. The minimum Gasteiger partial charge on any atom is -0.380 e. The molecule has 1 aliphatic rings. The maximum atomic E-state index is 5.36. The molecule has 0 saturated carbocycles. The number of rotatable bonds is 6. The van der Waals surface area contributed by atoms with Gasteiger partial charge < -0.3 is 10.1 Å². The highest BCUT2D eigenvalue weighted by molar-refractivity contribution is 4.79. The molecule has 1 heterocycles. The highest BCUT2D eigenvalue weighted by Gasteiger charge is 2.25. The molecule has 0 aromatic carbocycles. The van der Waals surface area contributed by atoms with E-state index in [9.17, 15) is 0 Å². The van der Waals surface area contributed by atoms with Gasteiger partial charge in [0.2, 0.25) is 0 Å². The van der Waals surface area contributed by atoms with Crippen LogP contribution in [0.15, 0.2) is 0 Å². The van der Waals surface area contributed by atoms with Gasteiger partial charge in [0, 0.05) is 26.2 Å². The Hall–Kier alpha value is -0.120. The predicted octanol–water partition coefficient (Wildman–Crippen LogP) is 1.10. The van der Waals surface area contributed by atoms with Gasteiger partial charge in [0.1, 0.15) is 0 Å². The lowest BCUT2D eigenvalue weighted by Gasteiger charge is -2.23. The average Bonchev–Trinajstić information content (AvgIpc) is 2.66. The molecular formula is C11H24N2O. The Morgan fingerprint density at radius 1 is 1.57 bits per heavy atom. The van der Waals surface area contributed by atoms with Gasteiger partial charge in [-0.15, -0.1) is 0 Å². The number of likely N-dealkylation sites (tertiary alicyclic amines) is 1. The standard InChI is InChI=1S/C11H24N2O/c1-10(5-4-7-12-2)13-8-6-11(9-13)14-3/h10-12H,4-9H2,1-3H3. The lowest BCUT2D eigenvalue weighted by atomic mass is 10.1. The predicted molar refractivity (Wildman–Crippen MR) is 59.6 cm³/mol. The molecule has 1 aliphatic heterocycles. The lowest BCUT2D eigenvalue weighted by molar-refractivity contribution is 0.101. The summed E-state index contributed by atoms with van der Waals surface area (Å²) in [5.41, 5.74) is 0. The minimum absolute atomic E-state index is 0.474. The van der Waals surface area contributed by atoms with Crippen LogP contribution in [0.2, 0.25) is 0 Å². The van der Waals surface area contributed by atoms with E-state index in [4.69, 9.17) is 4.74 Å². The third kappa shape index (κ3) is 3.56. The lowest BCUT2D eigenvalue weighted by Crippen LogP contribution is -2.32. The van der Waals surface area contributed by atoms with E-state index in [-0.39, 0.29) is 0 Å². The number of nitrogens with one attached hydrogen (secondary N) is 1. The minimum atomic E-state index is 0.474. The summed E-state index contributed by atoms with van der Waals surface area (Å²) in [4.78, 5) is 2.55. The Labute approximate surface area is 87.8 Å². The molecule has 0 aliphatic carbocycles. The smallest absolute Gasteiger partial charge is 0.0710 e. The fourth-order valence-corrected chi connectivity index (χ4v) is 2.10. The van der Waals surface area contributed by atoms with E-state index in [2.05, 4.69) is 17.1 Å². The molecule has 0 aromatic heterocycles. The van der Waals surface area contributed by atoms with Crippen LogP contribution >= 0.6 is 0 Å². The summed E-state index contributed by atoms with van der Waals surface area (Å²) in [5, 5.41) is 3.19. The second-order valence-electron chi connectivity index (χ2n) is 4.24. The van der Waals surface area contributed by atoms with Gasteiger partial charge in [-0.1, -0.05) is 0 Å². The maximum Gasteiger partial charge on any atom is 0.0710 e. The van der Waals surface area contributed by atoms with Gasteiger partial charge >= 0.3 is 0 Å². The van der Waals surface area contributed by atoms with Crippen LogP contribution in [-0.2, 0) is 4.74 Å². The summed E-state index contributed by atoms with van der Waals surface area (Å²) in [6.07, 6.45) is 4.23. The van der Waals surface area contributed by atoms with Crippen LogP contribution in [0.3, 0.4) is 0 Å². The molecule has 1 N–H and O–H groups in total. The summed E-state index contributed by atoms with van der Waals surface area (Å²) < 4.78 is 5.36. The monoisotopic (exact) mass is 200 g/mol. The van der Waals surface area contributed by atoms with Crippen molar-refractivity contribution in [2.75, 3.05) is 33.8 Å². The van der Waals surface area contributed by atoms with Crippen LogP contribution in [0.4, 0.5) is 0 Å². The van der Waals surface area contributed by atoms with Gasteiger partial charge in [-0.3, -0.25) is 4.90 Å². The van der Waals surface area contributed by atoms with E-state index < -0.39 is 0 Å². The first kappa shape index (κ1) is 12.0. The van der Waals surface area contributed by atoms with Crippen molar-refractivity contribution in [3.05, 3.63) is 0 Å². The van der Waals surface area contributed by atoms with Crippen LogP contribution in [0, 0.1) is 0 Å². The molecule has 3 nitrogen and oxygen atoms in total. The average molecular weight is 200 g/mol. The van der Waals surface area contributed by atoms with Crippen molar-refractivity contribution in [1.29, 1.82) is 0 Å². The topological polar surface area (TPSA) is 24.5 Å². The third-order valence-corrected chi connectivity index (χ3v) is 3.18. The molecule has 1 fully saturated rings. The Kier molecular flexibility index (Phi) is 5.45. The van der Waals surface area contributed by atoms with Crippen molar-refractivity contribution in [2.24, 2.45) is 0 Å². The van der Waals surface area contributed by atoms with Crippen LogP contribution < -0.4 is 5.32 Å². The summed E-state index contributed by atoms with van der Waals surface area (Å²) in [5.74, 6) is 0. The third-order valence-electron chi connectivity index (χ3n) is 3.18. The first-order chi connectivity index (χ1) is 6.77. The summed E-state index contributed by atoms with van der Waals surface area (Å²) in [6, 6.07) is 0.712. The Bertz CT molecular complexity index is 152. The van der Waals surface area contributed by atoms with Crippen molar-refractivity contribution in [2.45, 2.75) is 38.3 Å². The summed E-state index contributed by atoms with van der Waals surface area (Å²) in [6.45, 7) is 5.79. The molecule has 0 aromatic rings. The molecule has 0 bridgehead atoms. The van der Waals surface area contributed by atoms with E-state index in [0.717, 1.165) is 13.1 Å². The highest BCUT2D eigenvalue weighted by Crippen LogP contribution is 2.17. The van der Waals surface area contributed by atoms with E-state index in [1.165, 1.54) is 25.8 Å². The SMILES string of the molecule is CNCCCC(C)N1CCC(OC)C1. The van der Waals surface area contributed by atoms with Gasteiger partial charge in [-0.05, 0) is 39.8 Å². The van der Waals surface area contributed by atoms with E-state index in [0.29, 0.717) is 12.1 Å². The van der Waals surface area contributed by atoms with Crippen molar-refractivity contribution in [3.8, 4) is 0 Å². The molecule has 0 radical (unpaired) electrons. The second-order valence-corrected chi connectivity index (χ2v) is 4.24. The van der Waals surface area contributed by atoms with Gasteiger partial charge in [0.05, 0.1) is 6.10 Å². The van der Waals surface area contributed by atoms with E-state index >= 15 is 0 Å². The fourth-order valence-electron chi connectivity index (χ4n) is 2.10. The number of nitrogens with zero attached hydrogens (tertiary/aromatic N) is 1. The zero-order valence-electron chi connectivity index (χ0n) is 9.75. The molecule has 84 valence electrons. The van der Waals surface area contributed by atoms with Crippen molar-refractivity contribution in [1.82, 2.24) is 10.2 Å². The Morgan fingerprint density at radius 3 is 2.93 bits per heavy atom. The van der Waals surface area contributed by atoms with Crippen molar-refractivity contribution >= 4 is 0 Å². The zero-order valence-corrected chi connectivity index (χ0v) is 9.75. The molecule has 0 spiro atoms. The van der Waals surface area contributed by atoms with Crippen molar-refractivity contribution in [3.63, 3.8) is 0 Å². The quantitative estimate of drug-likeness (QED) is 0.650. The second kappa shape index (κ2) is 6.38. The van der Waals surface area contributed by atoms with Crippen molar-refractivity contribution < 1.29 is 4.74 Å². The van der Waals surface area contributed by atoms with Crippen LogP contribution in [-0.4, -0.2) is 50.8 Å². The first-order valence-corrected chi connectivity index (χ1v) is 5.69. The summed E-state index contributed by atoms with van der Waals surface area (Å²) in [7, 11) is 3.83. The maximum absolute atomic E-state index is 5.36. The number of ether oxygens (including phenoxy) is 1. The normalized spacial score (nSPS) is 25.5. The molecule has 1 rings (SSSR count). The molecular weight excluding hydrogens is 176 g/mol. The largest absolute Gasteiger partial charge is 0.380 e. The van der Waals surface area contributed by atoms with Crippen LogP contribution in [0.5, 0.6) is 0 Å². The molecule has 2 atom stereocenters. The molecule has 1 saturated heterocycles. The molecule has 14 heavy (non-hydrogen) atoms. The number of methoxy groups -OCH3 is 1. The van der Waals surface area contributed by atoms with Crippen LogP contribution in [0.1, 0.15) is 26.2 Å². The number of hydrogen-bond donors (Lipinski definition) is 1. The fraction of sp³-hybridized carbons (Fsp3) is 1.00. The van der Waals surface area contributed by atoms with Gasteiger partial charge in [-0.2, -0.15) is 0 Å². The van der Waals surface area contributed by atoms with E-state index in [1.807, 2.05) is 14.2 Å².